The van der Waals surface area contributed by atoms with Crippen LogP contribution in [0, 0.1) is 0 Å². The highest BCUT2D eigenvalue weighted by molar-refractivity contribution is 7.30. The normalized spacial score (nSPS) is 16.8. The SMILES string of the molecule is CCCCCCCCC1=Cc2sc3c(c2[SiH2]1)C(CC)(CC)c1cc2c(cc1-3)C(CC)(CC)c1c-2sc2cc(CCCCCCCC)sc12. The van der Waals surface area contributed by atoms with E-state index in [1.54, 1.807) is 62.3 Å². The molecule has 3 aliphatic rings. The van der Waals surface area contributed by atoms with Gasteiger partial charge in [0.05, 0.1) is 14.2 Å². The Bertz CT molecular complexity index is 1780. The molecule has 0 nitrogen and oxygen atoms in total. The lowest BCUT2D eigenvalue weighted by molar-refractivity contribution is 0.489. The fourth-order valence-electron chi connectivity index (χ4n) is 10.00. The lowest BCUT2D eigenvalue weighted by Crippen LogP contribution is -2.31. The number of aryl methyl sites for hydroxylation is 1. The Balaban J connectivity index is 1.21. The van der Waals surface area contributed by atoms with E-state index in [0.29, 0.717) is 0 Å². The molecule has 0 unspecified atom stereocenters. The van der Waals surface area contributed by atoms with Crippen molar-refractivity contribution in [3.8, 4) is 20.9 Å². The van der Waals surface area contributed by atoms with E-state index < -0.39 is 0 Å². The zero-order valence-electron chi connectivity index (χ0n) is 31.0. The molecule has 258 valence electrons. The summed E-state index contributed by atoms with van der Waals surface area (Å²) in [7, 11) is -0.360. The number of allylic oxidation sites excluding steroid dienone is 1. The summed E-state index contributed by atoms with van der Waals surface area (Å²) < 4.78 is 3.19. The summed E-state index contributed by atoms with van der Waals surface area (Å²) in [5.41, 5.74) is 10.3. The molecule has 4 aromatic rings. The van der Waals surface area contributed by atoms with Crippen LogP contribution < -0.4 is 5.19 Å². The second-order valence-corrected chi connectivity index (χ2v) is 20.6. The van der Waals surface area contributed by atoms with Crippen LogP contribution in [0.5, 0.6) is 0 Å². The molecule has 0 spiro atoms. The van der Waals surface area contributed by atoms with Gasteiger partial charge in [-0.1, -0.05) is 111 Å². The minimum atomic E-state index is -0.360. The van der Waals surface area contributed by atoms with Gasteiger partial charge in [-0.25, -0.2) is 0 Å². The number of rotatable bonds is 18. The molecule has 4 heterocycles. The second kappa shape index (κ2) is 14.6. The first kappa shape index (κ1) is 35.0. The van der Waals surface area contributed by atoms with Crippen molar-refractivity contribution in [1.29, 1.82) is 0 Å². The minimum absolute atomic E-state index is 0.142. The van der Waals surface area contributed by atoms with E-state index in [0.717, 1.165) is 0 Å². The maximum Gasteiger partial charge on any atom is 0.0848 e. The van der Waals surface area contributed by atoms with Crippen LogP contribution in [-0.4, -0.2) is 9.52 Å². The second-order valence-electron chi connectivity index (χ2n) is 15.4. The van der Waals surface area contributed by atoms with Crippen LogP contribution in [-0.2, 0) is 17.3 Å². The predicted molar refractivity (Wildman–Crippen MR) is 222 cm³/mol. The molecule has 0 N–H and O–H groups in total. The third kappa shape index (κ3) is 5.62. The highest BCUT2D eigenvalue weighted by Gasteiger charge is 2.49. The zero-order chi connectivity index (χ0) is 33.5. The molecule has 0 saturated heterocycles. The smallest absolute Gasteiger partial charge is 0.0848 e. The number of hydrogen-bond acceptors (Lipinski definition) is 3. The van der Waals surface area contributed by atoms with Crippen LogP contribution in [0.3, 0.4) is 0 Å². The van der Waals surface area contributed by atoms with Gasteiger partial charge in [0.15, 0.2) is 0 Å². The van der Waals surface area contributed by atoms with Crippen molar-refractivity contribution < 1.29 is 0 Å². The Morgan fingerprint density at radius 1 is 0.562 bits per heavy atom. The van der Waals surface area contributed by atoms with Gasteiger partial charge >= 0.3 is 0 Å². The summed E-state index contributed by atoms with van der Waals surface area (Å²) in [5, 5.41) is 3.67. The summed E-state index contributed by atoms with van der Waals surface area (Å²) in [5.74, 6) is 0. The average molecular weight is 713 g/mol. The summed E-state index contributed by atoms with van der Waals surface area (Å²) >= 11 is 6.44. The maximum absolute atomic E-state index is 2.75. The summed E-state index contributed by atoms with van der Waals surface area (Å²) in [6.07, 6.45) is 26.8. The van der Waals surface area contributed by atoms with Crippen LogP contribution >= 0.6 is 34.0 Å². The first-order valence-electron chi connectivity index (χ1n) is 20.1. The molecule has 0 fully saturated rings. The van der Waals surface area contributed by atoms with E-state index in [2.05, 4.69) is 99.8 Å². The van der Waals surface area contributed by atoms with Gasteiger partial charge in [-0.2, -0.15) is 0 Å². The van der Waals surface area contributed by atoms with Crippen molar-refractivity contribution in [1.82, 2.24) is 0 Å². The molecule has 0 amide bonds. The Morgan fingerprint density at radius 2 is 1.10 bits per heavy atom. The monoisotopic (exact) mass is 712 g/mol. The van der Waals surface area contributed by atoms with Crippen molar-refractivity contribution >= 4 is 64.2 Å². The fourth-order valence-corrected chi connectivity index (χ4v) is 17.2. The predicted octanol–water partition coefficient (Wildman–Crippen LogP) is 14.0. The number of hydrogen-bond donors (Lipinski definition) is 0. The Morgan fingerprint density at radius 3 is 1.71 bits per heavy atom. The van der Waals surface area contributed by atoms with E-state index >= 15 is 0 Å². The zero-order valence-corrected chi connectivity index (χ0v) is 34.8. The third-order valence-electron chi connectivity index (χ3n) is 12.9. The molecule has 1 aliphatic heterocycles. The van der Waals surface area contributed by atoms with Gasteiger partial charge < -0.3 is 0 Å². The molecule has 0 saturated carbocycles. The van der Waals surface area contributed by atoms with E-state index in [1.807, 2.05) is 10.4 Å². The third-order valence-corrected chi connectivity index (χ3v) is 19.0. The molecular weight excluding hydrogens is 653 g/mol. The Kier molecular flexibility index (Phi) is 10.7. The topological polar surface area (TPSA) is 0 Å². The molecule has 0 bridgehead atoms. The molecule has 0 radical (unpaired) electrons. The Labute approximate surface area is 306 Å². The number of thiophene rings is 3. The van der Waals surface area contributed by atoms with Gasteiger partial charge in [0.2, 0.25) is 0 Å². The first-order chi connectivity index (χ1) is 23.5. The maximum atomic E-state index is 2.75. The Hall–Kier alpha value is -1.46. The van der Waals surface area contributed by atoms with Gasteiger partial charge in [-0.15, -0.1) is 34.0 Å². The van der Waals surface area contributed by atoms with Crippen LogP contribution in [0.2, 0.25) is 0 Å². The van der Waals surface area contributed by atoms with Crippen molar-refractivity contribution in [3.05, 3.63) is 55.4 Å². The van der Waals surface area contributed by atoms with Crippen molar-refractivity contribution in [2.75, 3.05) is 0 Å². The van der Waals surface area contributed by atoms with Crippen molar-refractivity contribution in [3.63, 3.8) is 0 Å². The molecule has 0 atom stereocenters. The van der Waals surface area contributed by atoms with Crippen molar-refractivity contribution in [2.24, 2.45) is 0 Å². The first-order valence-corrected chi connectivity index (χ1v) is 24.0. The molecular formula is C44H60S3Si. The summed E-state index contributed by atoms with van der Waals surface area (Å²) in [6.45, 7) is 14.6. The van der Waals surface area contributed by atoms with Crippen LogP contribution in [0.4, 0.5) is 0 Å². The quantitative estimate of drug-likeness (QED) is 0.0712. The number of fused-ring (bicyclic) bond motifs is 10. The van der Waals surface area contributed by atoms with Crippen LogP contribution in [0.25, 0.3) is 36.4 Å². The minimum Gasteiger partial charge on any atom is -0.139 e. The van der Waals surface area contributed by atoms with Crippen LogP contribution in [0.1, 0.15) is 183 Å². The van der Waals surface area contributed by atoms with Crippen molar-refractivity contribution in [2.45, 2.75) is 168 Å². The summed E-state index contributed by atoms with van der Waals surface area (Å²) in [4.78, 5) is 6.54. The van der Waals surface area contributed by atoms with Gasteiger partial charge in [-0.05, 0) is 114 Å². The largest absolute Gasteiger partial charge is 0.139 e. The number of benzene rings is 1. The molecule has 7 rings (SSSR count). The molecule has 1 aromatic carbocycles. The fraction of sp³-hybridized carbons (Fsp3) is 0.591. The van der Waals surface area contributed by atoms with E-state index in [1.165, 1.54) is 116 Å². The average Bonchev–Trinajstić information content (AvgIpc) is 3.92. The highest BCUT2D eigenvalue weighted by Crippen LogP contribution is 2.64. The van der Waals surface area contributed by atoms with Gasteiger partial charge in [0, 0.05) is 35.0 Å². The molecule has 48 heavy (non-hydrogen) atoms. The lowest BCUT2D eigenvalue weighted by Gasteiger charge is -2.32. The van der Waals surface area contributed by atoms with E-state index in [-0.39, 0.29) is 20.3 Å². The standard InChI is InChI=1S/C44H60S3Si/c1-7-13-15-17-19-21-23-29-25-35-41(45-29)37-39(46-35)31-27-34-32(28-33(31)43(37,9-3)10-4)40-38(44(34,11-5)12-6)42-36(47-40)26-30(48-42)24-22-20-18-16-14-8-2/h25-28H,7-24,48H2,1-6H3. The molecule has 2 aliphatic carbocycles. The van der Waals surface area contributed by atoms with Gasteiger partial charge in [-0.3, -0.25) is 0 Å². The molecule has 3 aromatic heterocycles. The number of unbranched alkanes of at least 4 members (excludes halogenated alkanes) is 10. The van der Waals surface area contributed by atoms with E-state index in [4.69, 9.17) is 0 Å². The highest BCUT2D eigenvalue weighted by atomic mass is 32.1. The lowest BCUT2D eigenvalue weighted by atomic mass is 9.71. The van der Waals surface area contributed by atoms with Gasteiger partial charge in [0.25, 0.3) is 0 Å². The van der Waals surface area contributed by atoms with Crippen LogP contribution in [0.15, 0.2) is 23.4 Å². The summed E-state index contributed by atoms with van der Waals surface area (Å²) in [6, 6.07) is 8.09. The van der Waals surface area contributed by atoms with E-state index in [9.17, 15) is 0 Å². The van der Waals surface area contributed by atoms with Gasteiger partial charge in [0.1, 0.15) is 0 Å². The molecule has 4 heteroatoms.